The molecule has 3 rings (SSSR count). The van der Waals surface area contributed by atoms with Gasteiger partial charge in [0.05, 0.1) is 11.9 Å². The van der Waals surface area contributed by atoms with Crippen molar-refractivity contribution in [1.29, 1.82) is 0 Å². The molecule has 0 saturated heterocycles. The maximum absolute atomic E-state index is 13.2. The summed E-state index contributed by atoms with van der Waals surface area (Å²) in [6.45, 7) is 1.57. The summed E-state index contributed by atoms with van der Waals surface area (Å²) in [5.74, 6) is -0.459. The Morgan fingerprint density at radius 3 is 2.54 bits per heavy atom. The molecule has 0 aliphatic heterocycles. The summed E-state index contributed by atoms with van der Waals surface area (Å²) in [4.78, 5) is 2.16. The molecule has 124 valence electrons. The van der Waals surface area contributed by atoms with Crippen molar-refractivity contribution >= 4 is 0 Å². The number of rotatable bonds is 6. The van der Waals surface area contributed by atoms with Crippen molar-refractivity contribution in [3.8, 4) is 5.69 Å². The molecule has 0 amide bonds. The Hall–Kier alpha value is -2.53. The monoisotopic (exact) mass is 327 g/mol. The van der Waals surface area contributed by atoms with Crippen molar-refractivity contribution in [2.75, 3.05) is 13.6 Å². The fraction of sp³-hybridized carbons (Fsp3) is 0.211. The summed E-state index contributed by atoms with van der Waals surface area (Å²) in [5, 5.41) is 4.32. The summed E-state index contributed by atoms with van der Waals surface area (Å²) < 4.78 is 27.9. The van der Waals surface area contributed by atoms with Gasteiger partial charge in [0, 0.05) is 24.8 Å². The molecule has 0 fully saturated rings. The van der Waals surface area contributed by atoms with E-state index in [1.165, 1.54) is 18.2 Å². The zero-order valence-electron chi connectivity index (χ0n) is 13.5. The van der Waals surface area contributed by atoms with Crippen LogP contribution in [0.3, 0.4) is 0 Å². The third kappa shape index (κ3) is 4.26. The van der Waals surface area contributed by atoms with Gasteiger partial charge >= 0.3 is 0 Å². The van der Waals surface area contributed by atoms with Crippen LogP contribution in [0.5, 0.6) is 0 Å². The van der Waals surface area contributed by atoms with Crippen molar-refractivity contribution in [3.63, 3.8) is 0 Å². The van der Waals surface area contributed by atoms with Crippen LogP contribution in [0, 0.1) is 11.6 Å². The summed E-state index contributed by atoms with van der Waals surface area (Å²) in [5.41, 5.74) is 2.88. The van der Waals surface area contributed by atoms with Crippen molar-refractivity contribution in [2.45, 2.75) is 13.0 Å². The number of hydrogen-bond donors (Lipinski definition) is 0. The predicted octanol–water partition coefficient (Wildman–Crippen LogP) is 3.83. The maximum Gasteiger partial charge on any atom is 0.123 e. The van der Waals surface area contributed by atoms with Gasteiger partial charge in [0.2, 0.25) is 0 Å². The molecule has 3 nitrogen and oxygen atoms in total. The van der Waals surface area contributed by atoms with E-state index in [4.69, 9.17) is 0 Å². The fourth-order valence-electron chi connectivity index (χ4n) is 2.58. The third-order valence-electron chi connectivity index (χ3n) is 3.85. The average Bonchev–Trinajstić information content (AvgIpc) is 3.02. The van der Waals surface area contributed by atoms with Gasteiger partial charge in [0.1, 0.15) is 11.6 Å². The fourth-order valence-corrected chi connectivity index (χ4v) is 2.58. The molecule has 0 aliphatic rings. The Bertz CT molecular complexity index is 796. The predicted molar refractivity (Wildman–Crippen MR) is 90.0 cm³/mol. The van der Waals surface area contributed by atoms with E-state index in [-0.39, 0.29) is 11.6 Å². The number of nitrogens with zero attached hydrogens (tertiary/aromatic N) is 3. The normalized spacial score (nSPS) is 11.2. The van der Waals surface area contributed by atoms with Crippen LogP contribution in [0.15, 0.2) is 60.9 Å². The minimum absolute atomic E-state index is 0.198. The molecule has 24 heavy (non-hydrogen) atoms. The van der Waals surface area contributed by atoms with Gasteiger partial charge in [-0.3, -0.25) is 0 Å². The third-order valence-corrected chi connectivity index (χ3v) is 3.85. The van der Waals surface area contributed by atoms with E-state index in [1.807, 2.05) is 25.5 Å². The molecule has 0 unspecified atom stereocenters. The van der Waals surface area contributed by atoms with Gasteiger partial charge in [0.15, 0.2) is 0 Å². The first-order valence-electron chi connectivity index (χ1n) is 7.82. The van der Waals surface area contributed by atoms with Gasteiger partial charge < -0.3 is 4.90 Å². The second-order valence-electron chi connectivity index (χ2n) is 5.89. The lowest BCUT2D eigenvalue weighted by molar-refractivity contribution is 0.331. The average molecular weight is 327 g/mol. The number of hydrogen-bond acceptors (Lipinski definition) is 2. The van der Waals surface area contributed by atoms with Crippen LogP contribution < -0.4 is 0 Å². The van der Waals surface area contributed by atoms with E-state index in [0.717, 1.165) is 36.3 Å². The van der Waals surface area contributed by atoms with Crippen molar-refractivity contribution in [3.05, 3.63) is 83.7 Å². The molecular weight excluding hydrogens is 308 g/mol. The minimum Gasteiger partial charge on any atom is -0.302 e. The van der Waals surface area contributed by atoms with Gasteiger partial charge in [-0.2, -0.15) is 5.10 Å². The van der Waals surface area contributed by atoms with E-state index in [9.17, 15) is 8.78 Å². The Balaban J connectivity index is 1.57. The summed E-state index contributed by atoms with van der Waals surface area (Å²) in [6, 6.07) is 12.9. The molecular formula is C19H19F2N3. The van der Waals surface area contributed by atoms with Gasteiger partial charge in [-0.25, -0.2) is 13.5 Å². The molecule has 2 aromatic carbocycles. The molecule has 0 saturated carbocycles. The zero-order valence-corrected chi connectivity index (χ0v) is 13.5. The Labute approximate surface area is 140 Å². The zero-order chi connectivity index (χ0) is 16.9. The SMILES string of the molecule is CN(CCc1cccc(F)c1)Cc1cnn(-c2ccc(F)cc2)c1. The van der Waals surface area contributed by atoms with Gasteiger partial charge in [-0.15, -0.1) is 0 Å². The highest BCUT2D eigenvalue weighted by Crippen LogP contribution is 2.11. The van der Waals surface area contributed by atoms with Crippen molar-refractivity contribution < 1.29 is 8.78 Å². The molecule has 5 heteroatoms. The van der Waals surface area contributed by atoms with Crippen molar-refractivity contribution in [1.82, 2.24) is 14.7 Å². The lowest BCUT2D eigenvalue weighted by atomic mass is 10.1. The smallest absolute Gasteiger partial charge is 0.123 e. The molecule has 0 bridgehead atoms. The lowest BCUT2D eigenvalue weighted by Gasteiger charge is -2.15. The highest BCUT2D eigenvalue weighted by Gasteiger charge is 2.06. The summed E-state index contributed by atoms with van der Waals surface area (Å²) in [7, 11) is 2.02. The lowest BCUT2D eigenvalue weighted by Crippen LogP contribution is -2.20. The number of benzene rings is 2. The molecule has 0 N–H and O–H groups in total. The first-order chi connectivity index (χ1) is 11.6. The van der Waals surface area contributed by atoms with Gasteiger partial charge in [-0.1, -0.05) is 12.1 Å². The first kappa shape index (κ1) is 16.3. The molecule has 0 spiro atoms. The Morgan fingerprint density at radius 2 is 1.79 bits per heavy atom. The molecule has 0 atom stereocenters. The minimum atomic E-state index is -0.261. The van der Waals surface area contributed by atoms with E-state index in [1.54, 1.807) is 28.9 Å². The van der Waals surface area contributed by atoms with Crippen LogP contribution in [0.2, 0.25) is 0 Å². The number of halogens is 2. The van der Waals surface area contributed by atoms with Crippen LogP contribution in [0.4, 0.5) is 8.78 Å². The standard InChI is InChI=1S/C19H19F2N3/c1-23(10-9-15-3-2-4-18(21)11-15)13-16-12-22-24(14-16)19-7-5-17(20)6-8-19/h2-8,11-12,14H,9-10,13H2,1H3. The van der Waals surface area contributed by atoms with Crippen LogP contribution in [-0.2, 0) is 13.0 Å². The molecule has 1 heterocycles. The van der Waals surface area contributed by atoms with E-state index >= 15 is 0 Å². The summed E-state index contributed by atoms with van der Waals surface area (Å²) >= 11 is 0. The number of likely N-dealkylation sites (N-methyl/N-ethyl adjacent to an activating group) is 1. The Morgan fingerprint density at radius 1 is 1.00 bits per heavy atom. The van der Waals surface area contributed by atoms with Crippen LogP contribution in [-0.4, -0.2) is 28.3 Å². The maximum atomic E-state index is 13.2. The topological polar surface area (TPSA) is 21.1 Å². The van der Waals surface area contributed by atoms with Gasteiger partial charge in [0.25, 0.3) is 0 Å². The van der Waals surface area contributed by atoms with Crippen LogP contribution in [0.25, 0.3) is 5.69 Å². The highest BCUT2D eigenvalue weighted by atomic mass is 19.1. The second kappa shape index (κ2) is 7.36. The first-order valence-corrected chi connectivity index (χ1v) is 7.82. The molecule has 1 aromatic heterocycles. The largest absolute Gasteiger partial charge is 0.302 e. The highest BCUT2D eigenvalue weighted by molar-refractivity contribution is 5.31. The van der Waals surface area contributed by atoms with E-state index in [0.29, 0.717) is 0 Å². The Kier molecular flexibility index (Phi) is 5.01. The molecule has 0 aliphatic carbocycles. The summed E-state index contributed by atoms with van der Waals surface area (Å²) in [6.07, 6.45) is 4.54. The van der Waals surface area contributed by atoms with E-state index < -0.39 is 0 Å². The van der Waals surface area contributed by atoms with Crippen LogP contribution >= 0.6 is 0 Å². The number of aromatic nitrogens is 2. The quantitative estimate of drug-likeness (QED) is 0.686. The van der Waals surface area contributed by atoms with Gasteiger partial charge in [-0.05, 0) is 55.4 Å². The van der Waals surface area contributed by atoms with Crippen molar-refractivity contribution in [2.24, 2.45) is 0 Å². The second-order valence-corrected chi connectivity index (χ2v) is 5.89. The molecule has 0 radical (unpaired) electrons. The molecule has 3 aromatic rings. The van der Waals surface area contributed by atoms with Crippen LogP contribution in [0.1, 0.15) is 11.1 Å². The van der Waals surface area contributed by atoms with E-state index in [2.05, 4.69) is 10.00 Å².